The Morgan fingerprint density at radius 1 is 0.167 bits per heavy atom. The zero-order chi connectivity index (χ0) is 95.1. The summed E-state index contributed by atoms with van der Waals surface area (Å²) in [5, 5.41) is 22.0. The van der Waals surface area contributed by atoms with Gasteiger partial charge in [0.2, 0.25) is 0 Å². The SMILES string of the molecule is CCc1cccc(-n2c3ccc(-n4c5ccccc5c5cc(-c6ccc7c(c6)c6ccccc6n7-c6ccc7c(c6)c6cc(-n8c9ccccc9c9ccccc98)ccc6n7-c6cccc(C)c6)ccc54)cc3c3cc(-n4c5ccccc5c5ccc(CC(C)c6cc(C(C)C)cc(-n7c8ccc(-n9c%10ccccc%10c%10ccccc%109)cc8c8cc(-n9c%10ccccc%10c%10ccccc%109)ccc87)c6)cc54)ccc32)c1. The maximum atomic E-state index is 2.55. The van der Waals surface area contributed by atoms with E-state index >= 15 is 0 Å². The molecule has 30 rings (SSSR count). The van der Waals surface area contributed by atoms with Crippen LogP contribution in [0.3, 0.4) is 0 Å². The molecule has 21 aromatic carbocycles. The summed E-state index contributed by atoms with van der Waals surface area (Å²) in [5.41, 5.74) is 40.2. The van der Waals surface area contributed by atoms with Crippen LogP contribution in [0.25, 0.3) is 259 Å². The third-order valence-corrected chi connectivity index (χ3v) is 31.7. The van der Waals surface area contributed by atoms with Crippen LogP contribution in [0.15, 0.2) is 449 Å². The lowest BCUT2D eigenvalue weighted by molar-refractivity contribution is 0.752. The number of hydrogen-bond donors (Lipinski definition) is 0. The number of nitrogens with zero attached hydrogens (tertiary/aromatic N) is 9. The van der Waals surface area contributed by atoms with Crippen molar-refractivity contribution in [3.63, 3.8) is 0 Å². The number of aryl methyl sites for hydroxylation is 2. The van der Waals surface area contributed by atoms with E-state index in [9.17, 15) is 0 Å². The molecule has 0 aliphatic carbocycles. The van der Waals surface area contributed by atoms with Gasteiger partial charge in [-0.15, -0.1) is 0 Å². The van der Waals surface area contributed by atoms with Crippen molar-refractivity contribution in [2.45, 2.75) is 59.3 Å². The first-order valence-corrected chi connectivity index (χ1v) is 50.6. The summed E-state index contributed by atoms with van der Waals surface area (Å²) >= 11 is 0. The molecule has 0 fully saturated rings. The van der Waals surface area contributed by atoms with Crippen molar-refractivity contribution in [2.24, 2.45) is 0 Å². The van der Waals surface area contributed by atoms with Crippen molar-refractivity contribution >= 4 is 196 Å². The molecule has 9 nitrogen and oxygen atoms in total. The Hall–Kier alpha value is -18.2. The van der Waals surface area contributed by atoms with Crippen molar-refractivity contribution in [1.29, 1.82) is 0 Å². The smallest absolute Gasteiger partial charge is 0.0543 e. The lowest BCUT2D eigenvalue weighted by atomic mass is 9.89. The van der Waals surface area contributed by atoms with Crippen LogP contribution in [0.2, 0.25) is 0 Å². The van der Waals surface area contributed by atoms with E-state index < -0.39 is 0 Å². The van der Waals surface area contributed by atoms with Crippen molar-refractivity contribution in [3.8, 4) is 62.3 Å². The Bertz CT molecular complexity index is 10400. The molecule has 9 heteroatoms. The second-order valence-electron chi connectivity index (χ2n) is 40.2. The van der Waals surface area contributed by atoms with Gasteiger partial charge in [0.25, 0.3) is 0 Å². The van der Waals surface area contributed by atoms with Crippen molar-refractivity contribution < 1.29 is 0 Å². The maximum Gasteiger partial charge on any atom is 0.0543 e. The molecule has 0 radical (unpaired) electrons. The van der Waals surface area contributed by atoms with Crippen LogP contribution >= 0.6 is 0 Å². The Kier molecular flexibility index (Phi) is 17.8. The molecule has 0 aliphatic heterocycles. The van der Waals surface area contributed by atoms with Gasteiger partial charge < -0.3 is 41.1 Å². The quantitative estimate of drug-likeness (QED) is 0.0982. The molecule has 0 N–H and O–H groups in total. The van der Waals surface area contributed by atoms with Gasteiger partial charge in [-0.2, -0.15) is 0 Å². The van der Waals surface area contributed by atoms with Gasteiger partial charge in [0.15, 0.2) is 0 Å². The van der Waals surface area contributed by atoms with Crippen molar-refractivity contribution in [3.05, 3.63) is 477 Å². The molecule has 1 atom stereocenters. The topological polar surface area (TPSA) is 44.4 Å². The van der Waals surface area contributed by atoms with Gasteiger partial charge in [0.05, 0.1) is 99.3 Å². The van der Waals surface area contributed by atoms with Crippen LogP contribution < -0.4 is 0 Å². The van der Waals surface area contributed by atoms with E-state index in [1.807, 2.05) is 0 Å². The third kappa shape index (κ3) is 12.2. The predicted molar refractivity (Wildman–Crippen MR) is 608 cm³/mol. The van der Waals surface area contributed by atoms with Crippen LogP contribution in [0, 0.1) is 6.92 Å². The third-order valence-electron chi connectivity index (χ3n) is 31.7. The Morgan fingerprint density at radius 2 is 0.417 bits per heavy atom. The van der Waals surface area contributed by atoms with E-state index in [0.717, 1.165) is 91.4 Å². The first-order chi connectivity index (χ1) is 71.0. The van der Waals surface area contributed by atoms with Crippen LogP contribution in [-0.2, 0) is 12.8 Å². The monoisotopic (exact) mass is 1840 g/mol. The zero-order valence-electron chi connectivity index (χ0n) is 80.3. The van der Waals surface area contributed by atoms with Gasteiger partial charge in [-0.1, -0.05) is 246 Å². The average Bonchev–Trinajstić information content (AvgIpc) is 1.55. The highest BCUT2D eigenvalue weighted by atomic mass is 15.1. The fourth-order valence-electron chi connectivity index (χ4n) is 25.1. The van der Waals surface area contributed by atoms with E-state index in [-0.39, 0.29) is 11.8 Å². The second kappa shape index (κ2) is 31.4. The minimum Gasteiger partial charge on any atom is -0.309 e. The predicted octanol–water partition coefficient (Wildman–Crippen LogP) is 35.6. The zero-order valence-corrected chi connectivity index (χ0v) is 80.3. The van der Waals surface area contributed by atoms with Crippen LogP contribution in [0.1, 0.15) is 67.3 Å². The van der Waals surface area contributed by atoms with Gasteiger partial charge in [-0.05, 0) is 301 Å². The lowest BCUT2D eigenvalue weighted by Gasteiger charge is -2.19. The van der Waals surface area contributed by atoms with E-state index in [1.165, 1.54) is 208 Å². The molecule has 0 amide bonds. The number of para-hydroxylation sites is 9. The maximum absolute atomic E-state index is 2.55. The Morgan fingerprint density at radius 3 is 0.729 bits per heavy atom. The molecular formula is C135H95N9. The van der Waals surface area contributed by atoms with Crippen molar-refractivity contribution in [1.82, 2.24) is 41.1 Å². The summed E-state index contributed by atoms with van der Waals surface area (Å²) in [7, 11) is 0. The number of benzene rings is 21. The molecule has 0 aliphatic rings. The summed E-state index contributed by atoms with van der Waals surface area (Å²) in [6, 6.07) is 170. The molecule has 0 bridgehead atoms. The molecule has 1 unspecified atom stereocenters. The first-order valence-electron chi connectivity index (χ1n) is 50.6. The molecule has 144 heavy (non-hydrogen) atoms. The highest BCUT2D eigenvalue weighted by molar-refractivity contribution is 6.20. The van der Waals surface area contributed by atoms with Crippen LogP contribution in [-0.4, -0.2) is 41.1 Å². The Balaban J connectivity index is 0.523. The first kappa shape index (κ1) is 81.8. The van der Waals surface area contributed by atoms with E-state index in [2.05, 4.69) is 525 Å². The molecule has 9 aromatic heterocycles. The normalized spacial score (nSPS) is 12.6. The molecule has 0 saturated carbocycles. The van der Waals surface area contributed by atoms with Crippen LogP contribution in [0.4, 0.5) is 0 Å². The number of fused-ring (bicyclic) bond motifs is 27. The largest absolute Gasteiger partial charge is 0.309 e. The standard InChI is InChI=1S/C135H95N9/c1-6-85-28-26-30-92(69-85)137-131-63-54-97(142-126-48-24-15-39-108(126)111-75-88(51-60-128(111)142)87-50-59-127-110(74-87)107-38-14-23-47-125(107)141(127)96-53-62-130-113(79-96)112-76-93(52-61-129(112)136(130)91-29-25-27-83(4)67-91)138-118-40-16-7-31-100(118)101-32-8-17-41-119(101)138)80-114(131)115-81-98(57-64-132(115)137)143-124-46-22-13-37-106(124)109-58-49-86(70-135(109)143)68-84(5)90-71-89(82(2)3)72-99(73-90)144-133-65-55-94(139-120-42-18-9-33-102(120)103-34-10-19-43-121(103)139)77-116(133)117-78-95(56-66-134(117)144)140-122-44-20-11-35-104(122)105-36-12-21-45-123(105)140/h7-67,69-82,84H,6,68H2,1-5H3. The summed E-state index contributed by atoms with van der Waals surface area (Å²) in [4.78, 5) is 0. The number of aromatic nitrogens is 9. The van der Waals surface area contributed by atoms with Gasteiger partial charge in [-0.3, -0.25) is 0 Å². The second-order valence-corrected chi connectivity index (χ2v) is 40.2. The highest BCUT2D eigenvalue weighted by Gasteiger charge is 2.28. The molecule has 680 valence electrons. The summed E-state index contributed by atoms with van der Waals surface area (Å²) in [6.45, 7) is 11.6. The van der Waals surface area contributed by atoms with Crippen LogP contribution in [0.5, 0.6) is 0 Å². The number of rotatable bonds is 15. The molecule has 30 aromatic rings. The summed E-state index contributed by atoms with van der Waals surface area (Å²) in [5.74, 6) is 0.432. The van der Waals surface area contributed by atoms with E-state index in [4.69, 9.17) is 0 Å². The van der Waals surface area contributed by atoms with E-state index in [1.54, 1.807) is 0 Å². The fourth-order valence-corrected chi connectivity index (χ4v) is 25.1. The summed E-state index contributed by atoms with van der Waals surface area (Å²) < 4.78 is 22.4. The molecular weight excluding hydrogens is 1750 g/mol. The highest BCUT2D eigenvalue weighted by Crippen LogP contribution is 2.48. The Labute approximate surface area is 829 Å². The number of hydrogen-bond acceptors (Lipinski definition) is 0. The molecule has 0 saturated heterocycles. The van der Waals surface area contributed by atoms with Gasteiger partial charge >= 0.3 is 0 Å². The van der Waals surface area contributed by atoms with E-state index in [0.29, 0.717) is 0 Å². The minimum absolute atomic E-state index is 0.155. The van der Waals surface area contributed by atoms with Crippen molar-refractivity contribution in [2.75, 3.05) is 0 Å². The minimum atomic E-state index is 0.155. The lowest BCUT2D eigenvalue weighted by Crippen LogP contribution is -2.04. The fraction of sp³-hybridized carbons (Fsp3) is 0.0667. The molecule has 0 spiro atoms. The van der Waals surface area contributed by atoms with Gasteiger partial charge in [0, 0.05) is 148 Å². The molecule has 9 heterocycles. The summed E-state index contributed by atoms with van der Waals surface area (Å²) in [6.07, 6.45) is 1.78. The van der Waals surface area contributed by atoms with Gasteiger partial charge in [-0.25, -0.2) is 0 Å². The van der Waals surface area contributed by atoms with Gasteiger partial charge in [0.1, 0.15) is 0 Å². The average molecular weight is 1840 g/mol.